The lowest BCUT2D eigenvalue weighted by Gasteiger charge is -2.16. The van der Waals surface area contributed by atoms with E-state index in [1.807, 2.05) is 19.1 Å². The van der Waals surface area contributed by atoms with Gasteiger partial charge >= 0.3 is 0 Å². The zero-order valence-corrected chi connectivity index (χ0v) is 15.4. The van der Waals surface area contributed by atoms with Crippen molar-refractivity contribution in [2.75, 3.05) is 17.2 Å². The normalized spacial score (nSPS) is 11.8. The lowest BCUT2D eigenvalue weighted by atomic mass is 10.1. The monoisotopic (exact) mass is 386 g/mol. The SMILES string of the molecule is Cc1cc(NC(=O)c2ccc(NC(CO)Cc3ccc(Cl)cc3)nn2)n[nH]1. The molecule has 1 amide bonds. The molecule has 140 valence electrons. The highest BCUT2D eigenvalue weighted by Crippen LogP contribution is 2.13. The van der Waals surface area contributed by atoms with Crippen LogP contribution >= 0.6 is 11.6 Å². The van der Waals surface area contributed by atoms with Crippen LogP contribution in [0.15, 0.2) is 42.5 Å². The molecule has 0 bridgehead atoms. The molecule has 0 aliphatic rings. The van der Waals surface area contributed by atoms with E-state index in [0.717, 1.165) is 11.3 Å². The number of hydrogen-bond donors (Lipinski definition) is 4. The molecule has 0 aliphatic carbocycles. The molecular formula is C18H19ClN6O2. The predicted octanol–water partition coefficient (Wildman–Crippen LogP) is 2.43. The lowest BCUT2D eigenvalue weighted by molar-refractivity contribution is 0.102. The van der Waals surface area contributed by atoms with Gasteiger partial charge in [-0.25, -0.2) is 0 Å². The molecule has 1 atom stereocenters. The molecule has 2 heterocycles. The third-order valence-electron chi connectivity index (χ3n) is 3.81. The average molecular weight is 387 g/mol. The second-order valence-electron chi connectivity index (χ2n) is 6.05. The van der Waals surface area contributed by atoms with Gasteiger partial charge in [-0.3, -0.25) is 9.89 Å². The summed E-state index contributed by atoms with van der Waals surface area (Å²) in [4.78, 5) is 12.1. The Morgan fingerprint density at radius 1 is 1.19 bits per heavy atom. The molecule has 2 aromatic heterocycles. The van der Waals surface area contributed by atoms with Gasteiger partial charge in [0.1, 0.15) is 5.82 Å². The number of aromatic amines is 1. The van der Waals surface area contributed by atoms with Gasteiger partial charge in [0.15, 0.2) is 11.5 Å². The smallest absolute Gasteiger partial charge is 0.277 e. The fraction of sp³-hybridized carbons (Fsp3) is 0.222. The van der Waals surface area contributed by atoms with E-state index in [4.69, 9.17) is 11.6 Å². The van der Waals surface area contributed by atoms with Crippen LogP contribution in [0.1, 0.15) is 21.7 Å². The van der Waals surface area contributed by atoms with Crippen molar-refractivity contribution >= 4 is 29.1 Å². The number of aliphatic hydroxyl groups excluding tert-OH is 1. The minimum absolute atomic E-state index is 0.0783. The predicted molar refractivity (Wildman–Crippen MR) is 103 cm³/mol. The van der Waals surface area contributed by atoms with Crippen LogP contribution in [0.4, 0.5) is 11.6 Å². The summed E-state index contributed by atoms with van der Waals surface area (Å²) < 4.78 is 0. The first kappa shape index (κ1) is 18.8. The number of carbonyl (C=O) groups is 1. The second kappa shape index (κ2) is 8.61. The maximum atomic E-state index is 12.1. The van der Waals surface area contributed by atoms with Gasteiger partial charge in [-0.2, -0.15) is 5.10 Å². The first-order valence-electron chi connectivity index (χ1n) is 8.32. The number of aliphatic hydroxyl groups is 1. The topological polar surface area (TPSA) is 116 Å². The molecule has 8 nitrogen and oxygen atoms in total. The van der Waals surface area contributed by atoms with Crippen molar-refractivity contribution in [3.05, 3.63) is 64.4 Å². The van der Waals surface area contributed by atoms with Gasteiger partial charge in [-0.1, -0.05) is 23.7 Å². The first-order chi connectivity index (χ1) is 13.0. The van der Waals surface area contributed by atoms with E-state index in [-0.39, 0.29) is 18.3 Å². The standard InChI is InChI=1S/C18H19ClN6O2/c1-11-8-17(25-22-11)21-18(27)15-6-7-16(24-23-15)20-14(10-26)9-12-2-4-13(19)5-3-12/h2-8,14,26H,9-10H2,1H3,(H,20,24)(H2,21,22,25,27). The third kappa shape index (κ3) is 5.25. The number of amides is 1. The summed E-state index contributed by atoms with van der Waals surface area (Å²) in [5, 5.41) is 30.6. The van der Waals surface area contributed by atoms with Crippen molar-refractivity contribution in [1.82, 2.24) is 20.4 Å². The molecule has 0 aliphatic heterocycles. The maximum absolute atomic E-state index is 12.1. The van der Waals surface area contributed by atoms with Crippen molar-refractivity contribution in [2.45, 2.75) is 19.4 Å². The number of aryl methyl sites for hydroxylation is 1. The van der Waals surface area contributed by atoms with Crippen LogP contribution in [-0.2, 0) is 6.42 Å². The number of halogens is 1. The second-order valence-corrected chi connectivity index (χ2v) is 6.48. The quantitative estimate of drug-likeness (QED) is 0.495. The van der Waals surface area contributed by atoms with E-state index in [1.54, 1.807) is 30.3 Å². The summed E-state index contributed by atoms with van der Waals surface area (Å²) in [5.41, 5.74) is 2.04. The lowest BCUT2D eigenvalue weighted by Crippen LogP contribution is -2.27. The Labute approximate surface area is 161 Å². The Morgan fingerprint density at radius 2 is 1.96 bits per heavy atom. The molecule has 27 heavy (non-hydrogen) atoms. The summed E-state index contributed by atoms with van der Waals surface area (Å²) in [6, 6.07) is 12.1. The first-order valence-corrected chi connectivity index (χ1v) is 8.70. The molecule has 3 rings (SSSR count). The molecule has 0 spiro atoms. The molecule has 4 N–H and O–H groups in total. The van der Waals surface area contributed by atoms with E-state index in [9.17, 15) is 9.90 Å². The molecule has 0 saturated carbocycles. The fourth-order valence-corrected chi connectivity index (χ4v) is 2.59. The molecule has 0 radical (unpaired) electrons. The number of rotatable bonds is 7. The molecule has 1 aromatic carbocycles. The number of aromatic nitrogens is 4. The van der Waals surface area contributed by atoms with Crippen LogP contribution in [0.25, 0.3) is 0 Å². The summed E-state index contributed by atoms with van der Waals surface area (Å²) in [6.07, 6.45) is 0.593. The minimum Gasteiger partial charge on any atom is -0.394 e. The number of nitrogens with zero attached hydrogens (tertiary/aromatic N) is 3. The van der Waals surface area contributed by atoms with Crippen LogP contribution in [0.3, 0.4) is 0 Å². The molecule has 0 fully saturated rings. The van der Waals surface area contributed by atoms with Gasteiger partial charge in [-0.15, -0.1) is 10.2 Å². The van der Waals surface area contributed by atoms with E-state index in [2.05, 4.69) is 31.0 Å². The van der Waals surface area contributed by atoms with E-state index < -0.39 is 5.91 Å². The number of hydrogen-bond acceptors (Lipinski definition) is 6. The van der Waals surface area contributed by atoms with Gasteiger partial charge in [0, 0.05) is 16.8 Å². The largest absolute Gasteiger partial charge is 0.394 e. The Kier molecular flexibility index (Phi) is 6.00. The number of nitrogens with one attached hydrogen (secondary N) is 3. The van der Waals surface area contributed by atoms with Gasteiger partial charge < -0.3 is 15.7 Å². The zero-order chi connectivity index (χ0) is 19.2. The van der Waals surface area contributed by atoms with Gasteiger partial charge in [0.05, 0.1) is 12.6 Å². The van der Waals surface area contributed by atoms with Crippen LogP contribution in [-0.4, -0.2) is 44.1 Å². The van der Waals surface area contributed by atoms with Crippen LogP contribution in [0.2, 0.25) is 5.02 Å². The van der Waals surface area contributed by atoms with Gasteiger partial charge in [0.25, 0.3) is 5.91 Å². The van der Waals surface area contributed by atoms with Crippen molar-refractivity contribution in [3.63, 3.8) is 0 Å². The van der Waals surface area contributed by atoms with E-state index >= 15 is 0 Å². The van der Waals surface area contributed by atoms with Crippen LogP contribution in [0.5, 0.6) is 0 Å². The highest BCUT2D eigenvalue weighted by molar-refractivity contribution is 6.30. The van der Waals surface area contributed by atoms with Crippen molar-refractivity contribution < 1.29 is 9.90 Å². The Morgan fingerprint density at radius 3 is 2.56 bits per heavy atom. The van der Waals surface area contributed by atoms with Gasteiger partial charge in [-0.05, 0) is 43.2 Å². The summed E-state index contributed by atoms with van der Waals surface area (Å²) in [7, 11) is 0. The minimum atomic E-state index is -0.402. The number of benzene rings is 1. The third-order valence-corrected chi connectivity index (χ3v) is 4.06. The summed E-state index contributed by atoms with van der Waals surface area (Å²) in [5.74, 6) is 0.486. The summed E-state index contributed by atoms with van der Waals surface area (Å²) in [6.45, 7) is 1.76. The maximum Gasteiger partial charge on any atom is 0.277 e. The van der Waals surface area contributed by atoms with Crippen LogP contribution < -0.4 is 10.6 Å². The Bertz CT molecular complexity index is 895. The highest BCUT2D eigenvalue weighted by atomic mass is 35.5. The van der Waals surface area contributed by atoms with Crippen molar-refractivity contribution in [3.8, 4) is 0 Å². The van der Waals surface area contributed by atoms with Crippen LogP contribution in [0, 0.1) is 6.92 Å². The number of carbonyl (C=O) groups excluding carboxylic acids is 1. The Balaban J connectivity index is 1.60. The molecule has 1 unspecified atom stereocenters. The molecular weight excluding hydrogens is 368 g/mol. The molecule has 0 saturated heterocycles. The van der Waals surface area contributed by atoms with E-state index in [1.165, 1.54) is 0 Å². The van der Waals surface area contributed by atoms with E-state index in [0.29, 0.717) is 23.1 Å². The van der Waals surface area contributed by atoms with Crippen molar-refractivity contribution in [1.29, 1.82) is 0 Å². The van der Waals surface area contributed by atoms with Crippen molar-refractivity contribution in [2.24, 2.45) is 0 Å². The number of anilines is 2. The van der Waals surface area contributed by atoms with Gasteiger partial charge in [0.2, 0.25) is 0 Å². The zero-order valence-electron chi connectivity index (χ0n) is 14.6. The molecule has 3 aromatic rings. The highest BCUT2D eigenvalue weighted by Gasteiger charge is 2.13. The molecule has 9 heteroatoms. The Hall–Kier alpha value is -2.97. The fourth-order valence-electron chi connectivity index (χ4n) is 2.47. The summed E-state index contributed by atoms with van der Waals surface area (Å²) >= 11 is 5.88. The number of H-pyrrole nitrogens is 1. The average Bonchev–Trinajstić information content (AvgIpc) is 3.08.